The second-order valence-corrected chi connectivity index (χ2v) is 7.70. The fourth-order valence-corrected chi connectivity index (χ4v) is 4.02. The van der Waals surface area contributed by atoms with E-state index in [4.69, 9.17) is 0 Å². The van der Waals surface area contributed by atoms with Crippen molar-refractivity contribution in [3.8, 4) is 11.3 Å². The number of hydrogen-bond donors (Lipinski definition) is 2. The first-order chi connectivity index (χ1) is 15.1. The number of aromatic amines is 1. The van der Waals surface area contributed by atoms with Crippen LogP contribution in [0.4, 0.5) is 26.3 Å². The predicted octanol–water partition coefficient (Wildman–Crippen LogP) is 5.70. The number of nitrogens with zero attached hydrogens (tertiary/aromatic N) is 1. The zero-order valence-corrected chi connectivity index (χ0v) is 16.8. The van der Waals surface area contributed by atoms with E-state index in [-0.39, 0.29) is 28.9 Å². The highest BCUT2D eigenvalue weighted by molar-refractivity contribution is 7.11. The quantitative estimate of drug-likeness (QED) is 0.369. The van der Waals surface area contributed by atoms with Crippen LogP contribution in [-0.2, 0) is 12.6 Å². The van der Waals surface area contributed by atoms with Crippen molar-refractivity contribution in [2.75, 3.05) is 6.54 Å². The minimum absolute atomic E-state index is 0.0426. The second-order valence-electron chi connectivity index (χ2n) is 6.84. The highest BCUT2D eigenvalue weighted by Crippen LogP contribution is 2.33. The van der Waals surface area contributed by atoms with Crippen LogP contribution >= 0.6 is 11.3 Å². The molecule has 0 fully saturated rings. The third kappa shape index (κ3) is 4.33. The van der Waals surface area contributed by atoms with Crippen LogP contribution in [0.1, 0.15) is 21.1 Å². The number of thiazole rings is 1. The van der Waals surface area contributed by atoms with E-state index in [2.05, 4.69) is 15.3 Å². The Kier molecular flexibility index (Phi) is 5.68. The number of hydrogen-bond acceptors (Lipinski definition) is 3. The minimum atomic E-state index is -4.66. The van der Waals surface area contributed by atoms with Crippen LogP contribution in [0.3, 0.4) is 0 Å². The van der Waals surface area contributed by atoms with Crippen molar-refractivity contribution < 1.29 is 31.1 Å². The molecule has 2 N–H and O–H groups in total. The first-order valence-corrected chi connectivity index (χ1v) is 10.1. The maximum Gasteiger partial charge on any atom is 0.434 e. The van der Waals surface area contributed by atoms with Gasteiger partial charge in [-0.15, -0.1) is 11.3 Å². The van der Waals surface area contributed by atoms with E-state index in [1.165, 1.54) is 24.3 Å². The van der Waals surface area contributed by atoms with E-state index in [9.17, 15) is 31.1 Å². The highest BCUT2D eigenvalue weighted by atomic mass is 32.1. The molecule has 0 aliphatic rings. The number of amides is 1. The summed E-state index contributed by atoms with van der Waals surface area (Å²) >= 11 is 0.556. The Hall–Kier alpha value is -3.34. The number of rotatable bonds is 5. The van der Waals surface area contributed by atoms with Gasteiger partial charge in [0.15, 0.2) is 10.7 Å². The third-order valence-electron chi connectivity index (χ3n) is 4.71. The van der Waals surface area contributed by atoms with Gasteiger partial charge in [0.1, 0.15) is 17.5 Å². The van der Waals surface area contributed by atoms with Crippen molar-refractivity contribution in [3.05, 3.63) is 75.5 Å². The summed E-state index contributed by atoms with van der Waals surface area (Å²) in [5.41, 5.74) is 0.266. The number of carbonyl (C=O) groups is 1. The van der Waals surface area contributed by atoms with E-state index < -0.39 is 35.2 Å². The number of aromatic nitrogens is 2. The lowest BCUT2D eigenvalue weighted by atomic mass is 10.0. The molecule has 2 heterocycles. The molecular formula is C21H13F6N3OS. The number of halogens is 6. The Morgan fingerprint density at radius 3 is 2.44 bits per heavy atom. The molecule has 32 heavy (non-hydrogen) atoms. The van der Waals surface area contributed by atoms with Crippen LogP contribution in [0, 0.1) is 17.5 Å². The molecular weight excluding hydrogens is 456 g/mol. The Morgan fingerprint density at radius 1 is 1.06 bits per heavy atom. The molecule has 1 amide bonds. The van der Waals surface area contributed by atoms with Crippen molar-refractivity contribution in [2.24, 2.45) is 0 Å². The summed E-state index contributed by atoms with van der Waals surface area (Å²) < 4.78 is 79.5. The summed E-state index contributed by atoms with van der Waals surface area (Å²) in [5.74, 6) is -2.89. The summed E-state index contributed by atoms with van der Waals surface area (Å²) in [6.45, 7) is -0.0426. The molecule has 11 heteroatoms. The molecule has 0 saturated carbocycles. The Morgan fingerprint density at radius 2 is 1.78 bits per heavy atom. The summed E-state index contributed by atoms with van der Waals surface area (Å²) in [6.07, 6.45) is -4.56. The van der Waals surface area contributed by atoms with E-state index in [0.717, 1.165) is 17.5 Å². The number of H-pyrrole nitrogens is 1. The number of nitrogens with one attached hydrogen (secondary N) is 2. The Labute approximate surface area is 180 Å². The van der Waals surface area contributed by atoms with Crippen molar-refractivity contribution in [2.45, 2.75) is 12.6 Å². The molecule has 4 nitrogen and oxygen atoms in total. The monoisotopic (exact) mass is 469 g/mol. The smallest absolute Gasteiger partial charge is 0.352 e. The molecule has 4 rings (SSSR count). The fraction of sp³-hybridized carbons (Fsp3) is 0.143. The average Bonchev–Trinajstić information content (AvgIpc) is 3.35. The zero-order valence-electron chi connectivity index (χ0n) is 16.0. The van der Waals surface area contributed by atoms with E-state index in [1.54, 1.807) is 0 Å². The molecule has 0 aliphatic heterocycles. The van der Waals surface area contributed by atoms with Gasteiger partial charge in [-0.3, -0.25) is 4.79 Å². The van der Waals surface area contributed by atoms with Gasteiger partial charge in [-0.2, -0.15) is 13.2 Å². The Bertz CT molecular complexity index is 1290. The van der Waals surface area contributed by atoms with Crippen LogP contribution in [-0.4, -0.2) is 22.4 Å². The molecule has 0 saturated heterocycles. The van der Waals surface area contributed by atoms with Gasteiger partial charge in [0.05, 0.1) is 5.52 Å². The van der Waals surface area contributed by atoms with Gasteiger partial charge in [-0.25, -0.2) is 18.2 Å². The summed E-state index contributed by atoms with van der Waals surface area (Å²) in [6, 6.07) is 7.21. The molecule has 0 radical (unpaired) electrons. The predicted molar refractivity (Wildman–Crippen MR) is 107 cm³/mol. The molecule has 2 aromatic carbocycles. The van der Waals surface area contributed by atoms with Gasteiger partial charge >= 0.3 is 6.18 Å². The lowest BCUT2D eigenvalue weighted by molar-refractivity contribution is -0.140. The van der Waals surface area contributed by atoms with Crippen molar-refractivity contribution in [1.29, 1.82) is 0 Å². The molecule has 0 atom stereocenters. The van der Waals surface area contributed by atoms with Crippen LogP contribution in [0.25, 0.3) is 22.2 Å². The molecule has 0 bridgehead atoms. The van der Waals surface area contributed by atoms with Crippen LogP contribution in [0.15, 0.2) is 41.8 Å². The van der Waals surface area contributed by atoms with Gasteiger partial charge in [0.2, 0.25) is 0 Å². The number of fused-ring (bicyclic) bond motifs is 1. The van der Waals surface area contributed by atoms with Gasteiger partial charge < -0.3 is 10.3 Å². The van der Waals surface area contributed by atoms with Gasteiger partial charge in [-0.1, -0.05) is 0 Å². The number of carbonyl (C=O) groups excluding carboxylic acids is 1. The molecule has 166 valence electrons. The van der Waals surface area contributed by atoms with Gasteiger partial charge in [0, 0.05) is 29.1 Å². The summed E-state index contributed by atoms with van der Waals surface area (Å²) in [7, 11) is 0. The summed E-state index contributed by atoms with van der Waals surface area (Å²) in [5, 5.41) is 3.09. The third-order valence-corrected chi connectivity index (χ3v) is 5.56. The van der Waals surface area contributed by atoms with Crippen LogP contribution in [0.2, 0.25) is 0 Å². The molecule has 0 spiro atoms. The molecule has 0 aliphatic carbocycles. The fourth-order valence-electron chi connectivity index (χ4n) is 3.28. The van der Waals surface area contributed by atoms with E-state index in [1.807, 2.05) is 0 Å². The maximum atomic E-state index is 14.3. The van der Waals surface area contributed by atoms with Crippen LogP contribution < -0.4 is 5.32 Å². The lowest BCUT2D eigenvalue weighted by Gasteiger charge is -2.07. The second kappa shape index (κ2) is 8.30. The minimum Gasteiger partial charge on any atom is -0.352 e. The first-order valence-electron chi connectivity index (χ1n) is 9.20. The lowest BCUT2D eigenvalue weighted by Crippen LogP contribution is -2.26. The molecule has 2 aromatic heterocycles. The normalized spacial score (nSPS) is 11.8. The van der Waals surface area contributed by atoms with Gasteiger partial charge in [-0.05, 0) is 47.9 Å². The van der Waals surface area contributed by atoms with E-state index >= 15 is 0 Å². The molecule has 0 unspecified atom stereocenters. The standard InChI is InChI=1S/C21H13F6N3OS/c22-11-3-1-10(2-4-11)17-13(14-7-12(23)8-15(24)18(14)30-17)5-6-28-19(31)20-29-16(9-32-20)21(25,26)27/h1-4,7-9,30H,5-6H2,(H,28,31). The summed E-state index contributed by atoms with van der Waals surface area (Å²) in [4.78, 5) is 18.3. The molecule has 4 aromatic rings. The van der Waals surface area contributed by atoms with E-state index in [0.29, 0.717) is 28.2 Å². The van der Waals surface area contributed by atoms with Crippen molar-refractivity contribution in [3.63, 3.8) is 0 Å². The SMILES string of the molecule is O=C(NCCc1c(-c2ccc(F)cc2)[nH]c2c(F)cc(F)cc12)c1nc(C(F)(F)F)cs1. The maximum absolute atomic E-state index is 14.3. The average molecular weight is 469 g/mol. The Balaban J connectivity index is 1.60. The topological polar surface area (TPSA) is 57.8 Å². The first kappa shape index (κ1) is 21.9. The van der Waals surface area contributed by atoms with Crippen molar-refractivity contribution >= 4 is 28.1 Å². The van der Waals surface area contributed by atoms with Gasteiger partial charge in [0.25, 0.3) is 5.91 Å². The zero-order chi connectivity index (χ0) is 23.0. The highest BCUT2D eigenvalue weighted by Gasteiger charge is 2.34. The largest absolute Gasteiger partial charge is 0.434 e. The number of alkyl halides is 3. The van der Waals surface area contributed by atoms with Crippen molar-refractivity contribution in [1.82, 2.24) is 15.3 Å². The number of benzene rings is 2. The van der Waals surface area contributed by atoms with Crippen LogP contribution in [0.5, 0.6) is 0 Å².